The van der Waals surface area contributed by atoms with Crippen LogP contribution in [0, 0.1) is 13.8 Å². The number of carbonyl (C=O) groups is 1. The molecule has 6 nitrogen and oxygen atoms in total. The molecule has 0 aliphatic heterocycles. The Morgan fingerprint density at radius 3 is 2.37 bits per heavy atom. The molecule has 0 aromatic heterocycles. The number of amides is 1. The van der Waals surface area contributed by atoms with Gasteiger partial charge in [-0.1, -0.05) is 18.2 Å². The second-order valence-electron chi connectivity index (χ2n) is 5.99. The Labute approximate surface area is 160 Å². The lowest BCUT2D eigenvalue weighted by Crippen LogP contribution is -2.26. The Hall–Kier alpha value is -3.02. The highest BCUT2D eigenvalue weighted by Crippen LogP contribution is 2.28. The fraction of sp³-hybridized carbons (Fsp3) is 0.333. The Morgan fingerprint density at radius 2 is 1.70 bits per heavy atom. The van der Waals surface area contributed by atoms with E-state index < -0.39 is 0 Å². The van der Waals surface area contributed by atoms with E-state index in [1.165, 1.54) is 0 Å². The summed E-state index contributed by atoms with van der Waals surface area (Å²) in [6.45, 7) is 9.11. The number of aryl methyl sites for hydroxylation is 2. The zero-order chi connectivity index (χ0) is 19.6. The number of rotatable bonds is 9. The van der Waals surface area contributed by atoms with Gasteiger partial charge in [0.15, 0.2) is 11.5 Å². The van der Waals surface area contributed by atoms with Crippen molar-refractivity contribution in [2.75, 3.05) is 25.1 Å². The first-order valence-electron chi connectivity index (χ1n) is 9.06. The van der Waals surface area contributed by atoms with Crippen LogP contribution in [0.2, 0.25) is 0 Å². The van der Waals surface area contributed by atoms with Gasteiger partial charge in [-0.3, -0.25) is 4.79 Å². The number of benzene rings is 2. The van der Waals surface area contributed by atoms with E-state index in [4.69, 9.17) is 9.47 Å². The number of nitrogens with one attached hydrogen (secondary N) is 2. The number of carbonyl (C=O) groups excluding carboxylic acids is 1. The van der Waals surface area contributed by atoms with Crippen molar-refractivity contribution >= 4 is 17.8 Å². The Balaban J connectivity index is 1.92. The molecule has 0 radical (unpaired) electrons. The largest absolute Gasteiger partial charge is 0.490 e. The van der Waals surface area contributed by atoms with Crippen LogP contribution in [0.15, 0.2) is 41.5 Å². The molecule has 144 valence electrons. The van der Waals surface area contributed by atoms with E-state index in [0.29, 0.717) is 24.7 Å². The van der Waals surface area contributed by atoms with E-state index in [1.807, 2.05) is 64.1 Å². The van der Waals surface area contributed by atoms with Gasteiger partial charge in [0.25, 0.3) is 5.91 Å². The summed E-state index contributed by atoms with van der Waals surface area (Å²) < 4.78 is 11.1. The molecule has 2 aromatic rings. The molecule has 6 heteroatoms. The normalized spacial score (nSPS) is 10.7. The maximum absolute atomic E-state index is 12.0. The van der Waals surface area contributed by atoms with Gasteiger partial charge in [0.1, 0.15) is 0 Å². The van der Waals surface area contributed by atoms with Crippen LogP contribution in [0.5, 0.6) is 11.5 Å². The molecular weight excluding hydrogens is 342 g/mol. The van der Waals surface area contributed by atoms with Gasteiger partial charge in [-0.15, -0.1) is 0 Å². The minimum atomic E-state index is -0.218. The van der Waals surface area contributed by atoms with Crippen LogP contribution in [0.25, 0.3) is 0 Å². The summed E-state index contributed by atoms with van der Waals surface area (Å²) >= 11 is 0. The van der Waals surface area contributed by atoms with Crippen LogP contribution < -0.4 is 20.2 Å². The molecule has 0 unspecified atom stereocenters. The van der Waals surface area contributed by atoms with Crippen molar-refractivity contribution in [1.29, 1.82) is 0 Å². The lowest BCUT2D eigenvalue weighted by Gasteiger charge is -2.12. The average Bonchev–Trinajstić information content (AvgIpc) is 2.64. The molecule has 0 aliphatic carbocycles. The highest BCUT2D eigenvalue weighted by molar-refractivity contribution is 5.85. The first kappa shape index (κ1) is 20.3. The topological polar surface area (TPSA) is 72.0 Å². The van der Waals surface area contributed by atoms with Gasteiger partial charge in [-0.25, -0.2) is 5.43 Å². The van der Waals surface area contributed by atoms with Gasteiger partial charge in [0.2, 0.25) is 0 Å². The van der Waals surface area contributed by atoms with Crippen molar-refractivity contribution in [1.82, 2.24) is 5.43 Å². The van der Waals surface area contributed by atoms with Crippen LogP contribution >= 0.6 is 0 Å². The third kappa shape index (κ3) is 6.02. The number of ether oxygens (including phenoxy) is 2. The van der Waals surface area contributed by atoms with E-state index >= 15 is 0 Å². The van der Waals surface area contributed by atoms with E-state index in [0.717, 1.165) is 22.4 Å². The van der Waals surface area contributed by atoms with Crippen molar-refractivity contribution in [3.63, 3.8) is 0 Å². The summed E-state index contributed by atoms with van der Waals surface area (Å²) in [5, 5.41) is 7.17. The summed E-state index contributed by atoms with van der Waals surface area (Å²) in [5.41, 5.74) is 6.52. The minimum absolute atomic E-state index is 0.149. The van der Waals surface area contributed by atoms with E-state index in [2.05, 4.69) is 15.8 Å². The molecule has 0 fully saturated rings. The molecular formula is C21H27N3O3. The molecule has 2 N–H and O–H groups in total. The van der Waals surface area contributed by atoms with Crippen LogP contribution in [0.3, 0.4) is 0 Å². The lowest BCUT2D eigenvalue weighted by atomic mass is 10.1. The van der Waals surface area contributed by atoms with Crippen LogP contribution in [0.1, 0.15) is 30.5 Å². The van der Waals surface area contributed by atoms with Crippen molar-refractivity contribution in [2.24, 2.45) is 5.10 Å². The highest BCUT2D eigenvalue weighted by atomic mass is 16.5. The number of hydrazone groups is 1. The summed E-state index contributed by atoms with van der Waals surface area (Å²) in [7, 11) is 0. The van der Waals surface area contributed by atoms with Crippen molar-refractivity contribution in [3.8, 4) is 11.5 Å². The fourth-order valence-corrected chi connectivity index (χ4v) is 2.63. The summed E-state index contributed by atoms with van der Waals surface area (Å²) in [4.78, 5) is 12.0. The molecule has 0 atom stereocenters. The van der Waals surface area contributed by atoms with Gasteiger partial charge < -0.3 is 14.8 Å². The van der Waals surface area contributed by atoms with Crippen molar-refractivity contribution < 1.29 is 14.3 Å². The Bertz CT molecular complexity index is 783. The number of nitrogens with zero attached hydrogens (tertiary/aromatic N) is 1. The summed E-state index contributed by atoms with van der Waals surface area (Å²) in [6.07, 6.45) is 1.58. The molecule has 0 aliphatic rings. The molecule has 2 aromatic carbocycles. The molecule has 0 heterocycles. The fourth-order valence-electron chi connectivity index (χ4n) is 2.63. The molecule has 0 bridgehead atoms. The third-order valence-electron chi connectivity index (χ3n) is 3.88. The second kappa shape index (κ2) is 10.2. The summed E-state index contributed by atoms with van der Waals surface area (Å²) in [5.74, 6) is 1.13. The minimum Gasteiger partial charge on any atom is -0.490 e. The monoisotopic (exact) mass is 369 g/mol. The first-order chi connectivity index (χ1) is 13.0. The van der Waals surface area contributed by atoms with Crippen molar-refractivity contribution in [3.05, 3.63) is 53.1 Å². The van der Waals surface area contributed by atoms with Crippen LogP contribution in [0.4, 0.5) is 5.69 Å². The Morgan fingerprint density at radius 1 is 1.04 bits per heavy atom. The van der Waals surface area contributed by atoms with E-state index in [-0.39, 0.29) is 12.5 Å². The van der Waals surface area contributed by atoms with Gasteiger partial charge in [-0.2, -0.15) is 5.10 Å². The summed E-state index contributed by atoms with van der Waals surface area (Å²) in [6, 6.07) is 11.5. The molecule has 0 saturated carbocycles. The number of hydrogen-bond donors (Lipinski definition) is 2. The smallest absolute Gasteiger partial charge is 0.259 e. The zero-order valence-electron chi connectivity index (χ0n) is 16.3. The second-order valence-corrected chi connectivity index (χ2v) is 5.99. The predicted octanol–water partition coefficient (Wildman–Crippen LogP) is 3.66. The zero-order valence-corrected chi connectivity index (χ0v) is 16.3. The van der Waals surface area contributed by atoms with Crippen molar-refractivity contribution in [2.45, 2.75) is 27.7 Å². The number of anilines is 1. The highest BCUT2D eigenvalue weighted by Gasteiger charge is 2.06. The molecule has 0 saturated heterocycles. The average molecular weight is 369 g/mol. The Kier molecular flexibility index (Phi) is 7.67. The molecule has 0 spiro atoms. The van der Waals surface area contributed by atoms with Gasteiger partial charge >= 0.3 is 0 Å². The van der Waals surface area contributed by atoms with Crippen LogP contribution in [-0.2, 0) is 4.79 Å². The molecule has 2 rings (SSSR count). The predicted molar refractivity (Wildman–Crippen MR) is 109 cm³/mol. The van der Waals surface area contributed by atoms with E-state index in [9.17, 15) is 4.79 Å². The van der Waals surface area contributed by atoms with Gasteiger partial charge in [0.05, 0.1) is 26.0 Å². The first-order valence-corrected chi connectivity index (χ1v) is 9.06. The van der Waals surface area contributed by atoms with E-state index in [1.54, 1.807) is 6.21 Å². The third-order valence-corrected chi connectivity index (χ3v) is 3.88. The maximum Gasteiger partial charge on any atom is 0.259 e. The SMILES string of the molecule is CCOc1ccc(/C=N\NC(=O)CNc2c(C)cccc2C)cc1OCC. The molecule has 1 amide bonds. The number of hydrogen-bond acceptors (Lipinski definition) is 5. The van der Waals surface area contributed by atoms with Gasteiger partial charge in [-0.05, 0) is 62.6 Å². The number of para-hydroxylation sites is 1. The maximum atomic E-state index is 12.0. The quantitative estimate of drug-likeness (QED) is 0.523. The molecule has 27 heavy (non-hydrogen) atoms. The lowest BCUT2D eigenvalue weighted by molar-refractivity contribution is -0.119. The van der Waals surface area contributed by atoms with Gasteiger partial charge in [0, 0.05) is 5.69 Å². The van der Waals surface area contributed by atoms with Crippen LogP contribution in [-0.4, -0.2) is 31.9 Å². The standard InChI is InChI=1S/C21H27N3O3/c1-5-26-18-11-10-17(12-19(18)27-6-2)13-23-24-20(25)14-22-21-15(3)8-7-9-16(21)4/h7-13,22H,5-6,14H2,1-4H3,(H,24,25)/b23-13-.